The molecule has 2 N–H and O–H groups in total. The van der Waals surface area contributed by atoms with Crippen LogP contribution in [-0.2, 0) is 4.79 Å². The number of carbonyl (C=O) groups excluding carboxylic acids is 1. The second-order valence-corrected chi connectivity index (χ2v) is 6.47. The first kappa shape index (κ1) is 16.2. The molecule has 0 aliphatic carbocycles. The highest BCUT2D eigenvalue weighted by Crippen LogP contribution is 2.33. The Balaban J connectivity index is 0.00000161. The first-order valence-corrected chi connectivity index (χ1v) is 7.86. The van der Waals surface area contributed by atoms with Crippen LogP contribution in [0.25, 0.3) is 10.2 Å². The van der Waals surface area contributed by atoms with Crippen molar-refractivity contribution in [1.29, 1.82) is 0 Å². The Morgan fingerprint density at radius 2 is 2.05 bits per heavy atom. The highest BCUT2D eigenvalue weighted by Gasteiger charge is 2.26. The first-order chi connectivity index (χ1) is 9.65. The monoisotopic (exact) mass is 325 g/mol. The Bertz CT molecular complexity index is 587. The van der Waals surface area contributed by atoms with Crippen molar-refractivity contribution in [2.75, 3.05) is 13.1 Å². The Kier molecular flexibility index (Phi) is 5.19. The number of thiazole rings is 1. The van der Waals surface area contributed by atoms with Crippen LogP contribution in [-0.4, -0.2) is 34.9 Å². The Morgan fingerprint density at radius 3 is 2.67 bits per heavy atom. The van der Waals surface area contributed by atoms with E-state index in [0.29, 0.717) is 5.92 Å². The molecule has 1 aliphatic heterocycles. The van der Waals surface area contributed by atoms with Crippen molar-refractivity contribution in [3.8, 4) is 0 Å². The molecule has 1 saturated heterocycles. The summed E-state index contributed by atoms with van der Waals surface area (Å²) in [4.78, 5) is 18.5. The number of fused-ring (bicyclic) bond motifs is 1. The highest BCUT2D eigenvalue weighted by atomic mass is 35.5. The molecular formula is C15H20ClN3OS. The maximum Gasteiger partial charge on any atom is 0.239 e. The predicted octanol–water partition coefficient (Wildman–Crippen LogP) is 2.77. The number of amides is 1. The lowest BCUT2D eigenvalue weighted by molar-refractivity contribution is -0.133. The Morgan fingerprint density at radius 1 is 1.38 bits per heavy atom. The van der Waals surface area contributed by atoms with Crippen LogP contribution in [0.15, 0.2) is 24.3 Å². The average molecular weight is 326 g/mol. The third-order valence-corrected chi connectivity index (χ3v) is 5.05. The Labute approximate surface area is 134 Å². The average Bonchev–Trinajstić information content (AvgIpc) is 2.90. The molecule has 3 rings (SSSR count). The largest absolute Gasteiger partial charge is 0.341 e. The molecule has 6 heteroatoms. The zero-order chi connectivity index (χ0) is 14.1. The van der Waals surface area contributed by atoms with E-state index in [0.717, 1.165) is 31.4 Å². The van der Waals surface area contributed by atoms with Crippen LogP contribution >= 0.6 is 23.7 Å². The lowest BCUT2D eigenvalue weighted by atomic mass is 9.97. The number of rotatable bonds is 2. The van der Waals surface area contributed by atoms with E-state index < -0.39 is 6.04 Å². The topological polar surface area (TPSA) is 59.2 Å². The molecular weight excluding hydrogens is 306 g/mol. The standard InChI is InChI=1S/C15H19N3OS.ClH/c1-10(16)15(19)18-8-6-11(7-9-18)14-17-12-4-2-3-5-13(12)20-14;/h2-5,10-11H,6-9,16H2,1H3;1H. The van der Waals surface area contributed by atoms with Crippen molar-refractivity contribution >= 4 is 39.9 Å². The van der Waals surface area contributed by atoms with Crippen LogP contribution in [0.1, 0.15) is 30.7 Å². The second kappa shape index (κ2) is 6.73. The molecule has 2 heterocycles. The minimum atomic E-state index is -0.394. The van der Waals surface area contributed by atoms with Gasteiger partial charge in [0.15, 0.2) is 0 Å². The van der Waals surface area contributed by atoms with Gasteiger partial charge in [0.05, 0.1) is 21.3 Å². The maximum absolute atomic E-state index is 11.9. The molecule has 1 aliphatic rings. The number of nitrogens with zero attached hydrogens (tertiary/aromatic N) is 2. The van der Waals surface area contributed by atoms with Gasteiger partial charge in [-0.25, -0.2) is 4.98 Å². The summed E-state index contributed by atoms with van der Waals surface area (Å²) >= 11 is 1.78. The molecule has 1 fully saturated rings. The second-order valence-electron chi connectivity index (χ2n) is 5.41. The molecule has 1 aromatic heterocycles. The minimum absolute atomic E-state index is 0. The molecule has 114 valence electrons. The zero-order valence-electron chi connectivity index (χ0n) is 12.0. The van der Waals surface area contributed by atoms with E-state index in [2.05, 4.69) is 12.1 Å². The van der Waals surface area contributed by atoms with Crippen LogP contribution in [0.3, 0.4) is 0 Å². The summed E-state index contributed by atoms with van der Waals surface area (Å²) in [6, 6.07) is 7.85. The van der Waals surface area contributed by atoms with Crippen LogP contribution in [0, 0.1) is 0 Å². The van der Waals surface area contributed by atoms with Gasteiger partial charge in [0.25, 0.3) is 0 Å². The fraction of sp³-hybridized carbons (Fsp3) is 0.467. The summed E-state index contributed by atoms with van der Waals surface area (Å²) in [6.45, 7) is 3.34. The molecule has 1 unspecified atom stereocenters. The zero-order valence-corrected chi connectivity index (χ0v) is 13.6. The van der Waals surface area contributed by atoms with E-state index in [1.54, 1.807) is 18.3 Å². The maximum atomic E-state index is 11.9. The number of hydrogen-bond donors (Lipinski definition) is 1. The summed E-state index contributed by atoms with van der Waals surface area (Å²) in [5.41, 5.74) is 6.75. The van der Waals surface area contributed by atoms with Crippen molar-refractivity contribution < 1.29 is 4.79 Å². The lowest BCUT2D eigenvalue weighted by Gasteiger charge is -2.32. The van der Waals surface area contributed by atoms with E-state index >= 15 is 0 Å². The van der Waals surface area contributed by atoms with Crippen molar-refractivity contribution in [2.45, 2.75) is 31.7 Å². The van der Waals surface area contributed by atoms with Gasteiger partial charge in [-0.1, -0.05) is 12.1 Å². The molecule has 2 aromatic rings. The van der Waals surface area contributed by atoms with Gasteiger partial charge in [0.2, 0.25) is 5.91 Å². The van der Waals surface area contributed by atoms with Crippen molar-refractivity contribution in [3.05, 3.63) is 29.3 Å². The van der Waals surface area contributed by atoms with Crippen LogP contribution in [0.2, 0.25) is 0 Å². The normalized spacial score (nSPS) is 17.5. The van der Waals surface area contributed by atoms with Crippen LogP contribution in [0.4, 0.5) is 0 Å². The number of carbonyl (C=O) groups is 1. The number of aromatic nitrogens is 1. The lowest BCUT2D eigenvalue weighted by Crippen LogP contribution is -2.45. The van der Waals surface area contributed by atoms with E-state index in [1.807, 2.05) is 17.0 Å². The van der Waals surface area contributed by atoms with Gasteiger partial charge in [0, 0.05) is 19.0 Å². The number of nitrogens with two attached hydrogens (primary N) is 1. The highest BCUT2D eigenvalue weighted by molar-refractivity contribution is 7.18. The summed E-state index contributed by atoms with van der Waals surface area (Å²) in [6.07, 6.45) is 1.97. The smallest absolute Gasteiger partial charge is 0.239 e. The summed E-state index contributed by atoms with van der Waals surface area (Å²) in [5, 5.41) is 1.21. The van der Waals surface area contributed by atoms with Gasteiger partial charge in [-0.3, -0.25) is 4.79 Å². The van der Waals surface area contributed by atoms with Gasteiger partial charge in [-0.05, 0) is 31.9 Å². The molecule has 0 saturated carbocycles. The van der Waals surface area contributed by atoms with Crippen molar-refractivity contribution in [2.24, 2.45) is 5.73 Å². The van der Waals surface area contributed by atoms with Gasteiger partial charge in [-0.2, -0.15) is 0 Å². The van der Waals surface area contributed by atoms with E-state index in [1.165, 1.54) is 9.71 Å². The quantitative estimate of drug-likeness (QED) is 0.923. The molecule has 4 nitrogen and oxygen atoms in total. The van der Waals surface area contributed by atoms with Gasteiger partial charge < -0.3 is 10.6 Å². The molecule has 1 aromatic carbocycles. The first-order valence-electron chi connectivity index (χ1n) is 7.05. The molecule has 1 amide bonds. The van der Waals surface area contributed by atoms with Gasteiger partial charge >= 0.3 is 0 Å². The molecule has 21 heavy (non-hydrogen) atoms. The van der Waals surface area contributed by atoms with Gasteiger partial charge in [0.1, 0.15) is 0 Å². The minimum Gasteiger partial charge on any atom is -0.341 e. The van der Waals surface area contributed by atoms with Crippen molar-refractivity contribution in [3.63, 3.8) is 0 Å². The number of para-hydroxylation sites is 1. The number of benzene rings is 1. The molecule has 0 spiro atoms. The Hall–Kier alpha value is -1.17. The molecule has 0 bridgehead atoms. The van der Waals surface area contributed by atoms with E-state index in [9.17, 15) is 4.79 Å². The van der Waals surface area contributed by atoms with Crippen LogP contribution < -0.4 is 5.73 Å². The summed E-state index contributed by atoms with van der Waals surface area (Å²) < 4.78 is 1.25. The van der Waals surface area contributed by atoms with Crippen LogP contribution in [0.5, 0.6) is 0 Å². The van der Waals surface area contributed by atoms with E-state index in [4.69, 9.17) is 10.7 Å². The summed E-state index contributed by atoms with van der Waals surface area (Å²) in [5.74, 6) is 0.539. The van der Waals surface area contributed by atoms with Crippen molar-refractivity contribution in [1.82, 2.24) is 9.88 Å². The third kappa shape index (κ3) is 3.36. The molecule has 0 radical (unpaired) electrons. The fourth-order valence-corrected chi connectivity index (χ4v) is 3.84. The van der Waals surface area contributed by atoms with Gasteiger partial charge in [-0.15, -0.1) is 23.7 Å². The SMILES string of the molecule is CC(N)C(=O)N1CCC(c2nc3ccccc3s2)CC1.Cl. The number of likely N-dealkylation sites (tertiary alicyclic amines) is 1. The number of piperidine rings is 1. The number of halogens is 1. The number of hydrogen-bond acceptors (Lipinski definition) is 4. The fourth-order valence-electron chi connectivity index (χ4n) is 2.70. The molecule has 1 atom stereocenters. The van der Waals surface area contributed by atoms with E-state index in [-0.39, 0.29) is 18.3 Å². The summed E-state index contributed by atoms with van der Waals surface area (Å²) in [7, 11) is 0. The predicted molar refractivity (Wildman–Crippen MR) is 89.1 cm³/mol. The third-order valence-electron chi connectivity index (χ3n) is 3.86.